The molecule has 1 aromatic heterocycles. The Morgan fingerprint density at radius 2 is 2.32 bits per heavy atom. The molecule has 0 N–H and O–H groups in total. The van der Waals surface area contributed by atoms with Crippen molar-refractivity contribution in [3.05, 3.63) is 24.4 Å². The van der Waals surface area contributed by atoms with Gasteiger partial charge in [0.05, 0.1) is 19.7 Å². The van der Waals surface area contributed by atoms with Gasteiger partial charge < -0.3 is 14.4 Å². The van der Waals surface area contributed by atoms with Crippen molar-refractivity contribution in [2.24, 2.45) is 17.8 Å². The summed E-state index contributed by atoms with van der Waals surface area (Å²) in [5, 5.41) is 0. The van der Waals surface area contributed by atoms with Crippen LogP contribution in [0.15, 0.2) is 24.4 Å². The van der Waals surface area contributed by atoms with Gasteiger partial charge in [-0.25, -0.2) is 4.98 Å². The molecule has 0 bridgehead atoms. The van der Waals surface area contributed by atoms with Crippen LogP contribution in [0, 0.1) is 17.8 Å². The van der Waals surface area contributed by atoms with E-state index in [0.29, 0.717) is 30.2 Å². The number of carbonyl (C=O) groups is 1. The van der Waals surface area contributed by atoms with Gasteiger partial charge in [0, 0.05) is 30.7 Å². The van der Waals surface area contributed by atoms with Crippen molar-refractivity contribution in [3.8, 4) is 5.88 Å². The number of carbonyl (C=O) groups excluding carboxylic acids is 1. The Morgan fingerprint density at radius 3 is 3.00 bits per heavy atom. The van der Waals surface area contributed by atoms with E-state index < -0.39 is 0 Å². The van der Waals surface area contributed by atoms with E-state index in [1.165, 1.54) is 0 Å². The summed E-state index contributed by atoms with van der Waals surface area (Å²) in [7, 11) is 0. The summed E-state index contributed by atoms with van der Waals surface area (Å²) in [5.41, 5.74) is -0.178. The number of nitrogens with zero attached hydrogens (tertiary/aromatic N) is 2. The molecule has 2 saturated heterocycles. The summed E-state index contributed by atoms with van der Waals surface area (Å²) in [4.78, 5) is 18.4. The van der Waals surface area contributed by atoms with Gasteiger partial charge in [-0.2, -0.15) is 0 Å². The van der Waals surface area contributed by atoms with Gasteiger partial charge >= 0.3 is 0 Å². The Hall–Kier alpha value is -1.62. The number of pyridine rings is 1. The summed E-state index contributed by atoms with van der Waals surface area (Å²) in [6, 6.07) is 5.67. The van der Waals surface area contributed by atoms with Crippen molar-refractivity contribution in [2.45, 2.75) is 25.4 Å². The van der Waals surface area contributed by atoms with Crippen LogP contribution in [0.3, 0.4) is 0 Å². The first-order chi connectivity index (χ1) is 10.7. The predicted molar refractivity (Wildman–Crippen MR) is 80.4 cm³/mol. The van der Waals surface area contributed by atoms with Crippen LogP contribution in [0.25, 0.3) is 0 Å². The van der Waals surface area contributed by atoms with Crippen molar-refractivity contribution in [1.82, 2.24) is 9.88 Å². The molecule has 3 atom stereocenters. The average molecular weight is 302 g/mol. The molecule has 3 fully saturated rings. The lowest BCUT2D eigenvalue weighted by Gasteiger charge is -2.50. The normalized spacial score (nSPS) is 31.9. The zero-order chi connectivity index (χ0) is 15.2. The Balaban J connectivity index is 1.33. The first-order valence-electron chi connectivity index (χ1n) is 8.14. The summed E-state index contributed by atoms with van der Waals surface area (Å²) in [6.45, 7) is 4.97. The van der Waals surface area contributed by atoms with Crippen molar-refractivity contribution in [1.29, 1.82) is 0 Å². The van der Waals surface area contributed by atoms with Crippen LogP contribution in [-0.4, -0.2) is 47.7 Å². The Bertz CT molecular complexity index is 556. The molecule has 1 spiro atoms. The third-order valence-electron chi connectivity index (χ3n) is 5.33. The summed E-state index contributed by atoms with van der Waals surface area (Å²) < 4.78 is 11.8. The Kier molecular flexibility index (Phi) is 3.33. The molecule has 3 unspecified atom stereocenters. The van der Waals surface area contributed by atoms with Crippen LogP contribution >= 0.6 is 0 Å². The van der Waals surface area contributed by atoms with E-state index in [4.69, 9.17) is 9.47 Å². The SMILES string of the molecule is CC1CC1C(=O)N1CC2(C1)OCCC2COc1ccccn1. The third-order valence-corrected chi connectivity index (χ3v) is 5.33. The van der Waals surface area contributed by atoms with Gasteiger partial charge in [-0.1, -0.05) is 13.0 Å². The third kappa shape index (κ3) is 2.37. The largest absolute Gasteiger partial charge is 0.477 e. The lowest BCUT2D eigenvalue weighted by Crippen LogP contribution is -2.67. The standard InChI is InChI=1S/C17H22N2O3/c1-12-8-14(12)16(20)19-10-17(11-19)13(5-7-22-17)9-21-15-4-2-3-6-18-15/h2-4,6,12-14H,5,7-11H2,1H3. The van der Waals surface area contributed by atoms with Crippen molar-refractivity contribution in [3.63, 3.8) is 0 Å². The van der Waals surface area contributed by atoms with Gasteiger partial charge in [0.2, 0.25) is 11.8 Å². The van der Waals surface area contributed by atoms with E-state index in [9.17, 15) is 4.79 Å². The van der Waals surface area contributed by atoms with Gasteiger partial charge in [0.1, 0.15) is 5.60 Å². The molecule has 5 heteroatoms. The highest BCUT2D eigenvalue weighted by Gasteiger charge is 2.56. The van der Waals surface area contributed by atoms with E-state index in [0.717, 1.165) is 32.5 Å². The molecule has 1 aromatic rings. The quantitative estimate of drug-likeness (QED) is 0.850. The van der Waals surface area contributed by atoms with E-state index >= 15 is 0 Å². The molecule has 0 aromatic carbocycles. The fourth-order valence-electron chi connectivity index (χ4n) is 3.64. The summed E-state index contributed by atoms with van der Waals surface area (Å²) >= 11 is 0. The fraction of sp³-hybridized carbons (Fsp3) is 0.647. The highest BCUT2D eigenvalue weighted by Crippen LogP contribution is 2.45. The van der Waals surface area contributed by atoms with Crippen molar-refractivity contribution >= 4 is 5.91 Å². The summed E-state index contributed by atoms with van der Waals surface area (Å²) in [6.07, 6.45) is 3.78. The van der Waals surface area contributed by atoms with Gasteiger partial charge in [0.25, 0.3) is 0 Å². The molecule has 4 rings (SSSR count). The molecule has 0 radical (unpaired) electrons. The molecule has 5 nitrogen and oxygen atoms in total. The van der Waals surface area contributed by atoms with Crippen LogP contribution in [0.4, 0.5) is 0 Å². The highest BCUT2D eigenvalue weighted by molar-refractivity contribution is 5.82. The van der Waals surface area contributed by atoms with Gasteiger partial charge in [0.15, 0.2) is 0 Å². The maximum atomic E-state index is 12.3. The number of rotatable bonds is 4. The topological polar surface area (TPSA) is 51.7 Å². The van der Waals surface area contributed by atoms with Crippen LogP contribution in [0.2, 0.25) is 0 Å². The van der Waals surface area contributed by atoms with E-state index in [1.54, 1.807) is 6.20 Å². The second-order valence-corrected chi connectivity index (χ2v) is 6.89. The second-order valence-electron chi connectivity index (χ2n) is 6.89. The van der Waals surface area contributed by atoms with E-state index in [2.05, 4.69) is 11.9 Å². The Morgan fingerprint density at radius 1 is 1.50 bits per heavy atom. The van der Waals surface area contributed by atoms with E-state index in [-0.39, 0.29) is 11.5 Å². The molecule has 1 aliphatic carbocycles. The highest BCUT2D eigenvalue weighted by atomic mass is 16.5. The lowest BCUT2D eigenvalue weighted by molar-refractivity contribution is -0.168. The van der Waals surface area contributed by atoms with Crippen molar-refractivity contribution < 1.29 is 14.3 Å². The van der Waals surface area contributed by atoms with Crippen LogP contribution in [-0.2, 0) is 9.53 Å². The minimum Gasteiger partial charge on any atom is -0.477 e. The predicted octanol–water partition coefficient (Wildman–Crippen LogP) is 1.73. The second kappa shape index (κ2) is 5.23. The zero-order valence-corrected chi connectivity index (χ0v) is 12.9. The van der Waals surface area contributed by atoms with Crippen molar-refractivity contribution in [2.75, 3.05) is 26.3 Å². The van der Waals surface area contributed by atoms with E-state index in [1.807, 2.05) is 23.1 Å². The smallest absolute Gasteiger partial charge is 0.226 e. The average Bonchev–Trinajstić information content (AvgIpc) is 3.08. The monoisotopic (exact) mass is 302 g/mol. The van der Waals surface area contributed by atoms with Crippen LogP contribution in [0.1, 0.15) is 19.8 Å². The minimum absolute atomic E-state index is 0.178. The fourth-order valence-corrected chi connectivity index (χ4v) is 3.64. The maximum Gasteiger partial charge on any atom is 0.226 e. The number of likely N-dealkylation sites (tertiary alicyclic amines) is 1. The number of amides is 1. The molecule has 2 aliphatic heterocycles. The zero-order valence-electron chi connectivity index (χ0n) is 12.9. The Labute approximate surface area is 130 Å². The lowest BCUT2D eigenvalue weighted by atomic mass is 9.81. The first kappa shape index (κ1) is 14.0. The van der Waals surface area contributed by atoms with Gasteiger partial charge in [-0.05, 0) is 24.8 Å². The molecule has 3 aliphatic rings. The molecule has 1 saturated carbocycles. The number of aromatic nitrogens is 1. The summed E-state index contributed by atoms with van der Waals surface area (Å²) in [5.74, 6) is 2.15. The molecule has 118 valence electrons. The molecular weight excluding hydrogens is 280 g/mol. The molecular formula is C17H22N2O3. The first-order valence-corrected chi connectivity index (χ1v) is 8.14. The number of hydrogen-bond donors (Lipinski definition) is 0. The van der Waals surface area contributed by atoms with Crippen LogP contribution in [0.5, 0.6) is 5.88 Å². The molecule has 1 amide bonds. The van der Waals surface area contributed by atoms with Crippen LogP contribution < -0.4 is 4.74 Å². The molecule has 22 heavy (non-hydrogen) atoms. The van der Waals surface area contributed by atoms with Gasteiger partial charge in [-0.3, -0.25) is 4.79 Å². The minimum atomic E-state index is -0.178. The van der Waals surface area contributed by atoms with Gasteiger partial charge in [-0.15, -0.1) is 0 Å². The number of hydrogen-bond acceptors (Lipinski definition) is 4. The molecule has 3 heterocycles. The number of ether oxygens (including phenoxy) is 2. The maximum absolute atomic E-state index is 12.3.